The number of hydrogen-bond donors (Lipinski definition) is 2. The lowest BCUT2D eigenvalue weighted by molar-refractivity contribution is -0.121. The van der Waals surface area contributed by atoms with E-state index in [9.17, 15) is 4.79 Å². The molecule has 0 heterocycles. The number of rotatable bonds is 6. The normalized spacial score (nSPS) is 9.94. The van der Waals surface area contributed by atoms with Crippen LogP contribution in [0.1, 0.15) is 32.3 Å². The van der Waals surface area contributed by atoms with Crippen LogP contribution in [0.2, 0.25) is 0 Å². The summed E-state index contributed by atoms with van der Waals surface area (Å²) in [4.78, 5) is 11.6. The van der Waals surface area contributed by atoms with E-state index in [4.69, 9.17) is 5.73 Å². The van der Waals surface area contributed by atoms with Crippen molar-refractivity contribution in [1.82, 2.24) is 5.32 Å². The van der Waals surface area contributed by atoms with Gasteiger partial charge in [0.25, 0.3) is 0 Å². The molecule has 102 valence electrons. The minimum absolute atomic E-state index is 0. The summed E-state index contributed by atoms with van der Waals surface area (Å²) >= 11 is 0. The van der Waals surface area contributed by atoms with Gasteiger partial charge in [0.15, 0.2) is 0 Å². The molecule has 0 fully saturated rings. The van der Waals surface area contributed by atoms with Gasteiger partial charge in [0.05, 0.1) is 0 Å². The van der Waals surface area contributed by atoms with Gasteiger partial charge in [-0.1, -0.05) is 32.0 Å². The quantitative estimate of drug-likeness (QED) is 0.781. The Morgan fingerprint density at radius 3 is 2.61 bits per heavy atom. The standard InChI is InChI=1S/C14H22N2O.ClH/c1-11(2)9-10-16-14(17)8-7-12-5-3-4-6-13(12)15;/h3-6,11H,7-10,15H2,1-2H3,(H,16,17);1H. The van der Waals surface area contributed by atoms with Crippen molar-refractivity contribution in [3.63, 3.8) is 0 Å². The molecule has 0 unspecified atom stereocenters. The molecule has 0 spiro atoms. The fourth-order valence-electron chi connectivity index (χ4n) is 1.60. The van der Waals surface area contributed by atoms with E-state index in [2.05, 4.69) is 19.2 Å². The number of para-hydroxylation sites is 1. The third kappa shape index (κ3) is 6.50. The van der Waals surface area contributed by atoms with Crippen molar-refractivity contribution >= 4 is 24.0 Å². The molecular weight excluding hydrogens is 248 g/mol. The summed E-state index contributed by atoms with van der Waals surface area (Å²) in [7, 11) is 0. The lowest BCUT2D eigenvalue weighted by Crippen LogP contribution is -2.25. The van der Waals surface area contributed by atoms with Crippen molar-refractivity contribution in [1.29, 1.82) is 0 Å². The molecule has 0 bridgehead atoms. The second-order valence-corrected chi connectivity index (χ2v) is 4.73. The molecule has 1 aromatic rings. The molecular formula is C14H23ClN2O. The van der Waals surface area contributed by atoms with E-state index in [1.807, 2.05) is 24.3 Å². The van der Waals surface area contributed by atoms with E-state index in [1.54, 1.807) is 0 Å². The first-order valence-corrected chi connectivity index (χ1v) is 6.19. The zero-order valence-electron chi connectivity index (χ0n) is 11.1. The van der Waals surface area contributed by atoms with Gasteiger partial charge in [0.2, 0.25) is 5.91 Å². The summed E-state index contributed by atoms with van der Waals surface area (Å²) in [5.41, 5.74) is 7.63. The van der Waals surface area contributed by atoms with Gasteiger partial charge in [-0.2, -0.15) is 0 Å². The molecule has 0 radical (unpaired) electrons. The van der Waals surface area contributed by atoms with Gasteiger partial charge in [-0.25, -0.2) is 0 Å². The molecule has 0 aliphatic heterocycles. The van der Waals surface area contributed by atoms with Crippen LogP contribution in [0.4, 0.5) is 5.69 Å². The number of amides is 1. The first kappa shape index (κ1) is 16.8. The number of halogens is 1. The maximum absolute atomic E-state index is 11.6. The van der Waals surface area contributed by atoms with Gasteiger partial charge < -0.3 is 11.1 Å². The van der Waals surface area contributed by atoms with E-state index in [1.165, 1.54) is 0 Å². The third-order valence-electron chi connectivity index (χ3n) is 2.72. The van der Waals surface area contributed by atoms with Gasteiger partial charge >= 0.3 is 0 Å². The lowest BCUT2D eigenvalue weighted by Gasteiger charge is -2.08. The summed E-state index contributed by atoms with van der Waals surface area (Å²) in [5.74, 6) is 0.731. The van der Waals surface area contributed by atoms with Crippen LogP contribution >= 0.6 is 12.4 Å². The van der Waals surface area contributed by atoms with E-state index in [-0.39, 0.29) is 18.3 Å². The minimum atomic E-state index is 0. The highest BCUT2D eigenvalue weighted by Gasteiger charge is 2.04. The topological polar surface area (TPSA) is 55.1 Å². The van der Waals surface area contributed by atoms with Crippen LogP contribution in [-0.2, 0) is 11.2 Å². The molecule has 1 aromatic carbocycles. The molecule has 0 aromatic heterocycles. The average molecular weight is 271 g/mol. The summed E-state index contributed by atoms with van der Waals surface area (Å²) in [5, 5.41) is 2.92. The number of aryl methyl sites for hydroxylation is 1. The molecule has 3 N–H and O–H groups in total. The maximum Gasteiger partial charge on any atom is 0.220 e. The molecule has 0 saturated carbocycles. The van der Waals surface area contributed by atoms with E-state index in [0.717, 1.165) is 24.2 Å². The molecule has 4 heteroatoms. The zero-order chi connectivity index (χ0) is 12.7. The molecule has 18 heavy (non-hydrogen) atoms. The average Bonchev–Trinajstić information content (AvgIpc) is 2.27. The maximum atomic E-state index is 11.6. The van der Waals surface area contributed by atoms with Crippen molar-refractivity contribution < 1.29 is 4.79 Å². The fourth-order valence-corrected chi connectivity index (χ4v) is 1.60. The second-order valence-electron chi connectivity index (χ2n) is 4.73. The third-order valence-corrected chi connectivity index (χ3v) is 2.72. The minimum Gasteiger partial charge on any atom is -0.399 e. The zero-order valence-corrected chi connectivity index (χ0v) is 11.9. The molecule has 0 aliphatic rings. The molecule has 0 saturated heterocycles. The van der Waals surface area contributed by atoms with E-state index < -0.39 is 0 Å². The van der Waals surface area contributed by atoms with Crippen LogP contribution in [-0.4, -0.2) is 12.5 Å². The SMILES string of the molecule is CC(C)CCNC(=O)CCc1ccccc1N.Cl. The number of carbonyl (C=O) groups is 1. The highest BCUT2D eigenvalue weighted by atomic mass is 35.5. The Balaban J connectivity index is 0.00000289. The van der Waals surface area contributed by atoms with Gasteiger partial charge in [-0.3, -0.25) is 4.79 Å². The van der Waals surface area contributed by atoms with Crippen molar-refractivity contribution in [2.45, 2.75) is 33.1 Å². The second kappa shape index (κ2) is 8.81. The Morgan fingerprint density at radius 1 is 1.33 bits per heavy atom. The predicted octanol–water partition coefficient (Wildman–Crippen LogP) is 2.79. The predicted molar refractivity (Wildman–Crippen MR) is 78.9 cm³/mol. The molecule has 1 amide bonds. The number of nitrogen functional groups attached to an aromatic ring is 1. The number of anilines is 1. The molecule has 3 nitrogen and oxygen atoms in total. The Hall–Kier alpha value is -1.22. The monoisotopic (exact) mass is 270 g/mol. The molecule has 0 atom stereocenters. The van der Waals surface area contributed by atoms with Crippen molar-refractivity contribution in [2.75, 3.05) is 12.3 Å². The Morgan fingerprint density at radius 2 is 2.00 bits per heavy atom. The van der Waals surface area contributed by atoms with Crippen LogP contribution in [0.15, 0.2) is 24.3 Å². The number of hydrogen-bond acceptors (Lipinski definition) is 2. The number of nitrogens with two attached hydrogens (primary N) is 1. The van der Waals surface area contributed by atoms with Crippen LogP contribution in [0.5, 0.6) is 0 Å². The Labute approximate surface area is 116 Å². The van der Waals surface area contributed by atoms with Crippen molar-refractivity contribution in [3.8, 4) is 0 Å². The van der Waals surface area contributed by atoms with Crippen LogP contribution in [0.25, 0.3) is 0 Å². The van der Waals surface area contributed by atoms with Gasteiger partial charge in [-0.05, 0) is 30.4 Å². The highest BCUT2D eigenvalue weighted by Crippen LogP contribution is 2.12. The van der Waals surface area contributed by atoms with Crippen molar-refractivity contribution in [2.24, 2.45) is 5.92 Å². The summed E-state index contributed by atoms with van der Waals surface area (Å²) in [6, 6.07) is 7.69. The first-order valence-electron chi connectivity index (χ1n) is 6.19. The first-order chi connectivity index (χ1) is 8.09. The summed E-state index contributed by atoms with van der Waals surface area (Å²) < 4.78 is 0. The number of carbonyl (C=O) groups excluding carboxylic acids is 1. The van der Waals surface area contributed by atoms with Crippen LogP contribution in [0.3, 0.4) is 0 Å². The van der Waals surface area contributed by atoms with E-state index in [0.29, 0.717) is 18.8 Å². The lowest BCUT2D eigenvalue weighted by atomic mass is 10.1. The number of benzene rings is 1. The van der Waals surface area contributed by atoms with Gasteiger partial charge in [-0.15, -0.1) is 12.4 Å². The highest BCUT2D eigenvalue weighted by molar-refractivity contribution is 5.85. The van der Waals surface area contributed by atoms with Gasteiger partial charge in [0, 0.05) is 18.7 Å². The van der Waals surface area contributed by atoms with Crippen LogP contribution < -0.4 is 11.1 Å². The fraction of sp³-hybridized carbons (Fsp3) is 0.500. The Bertz CT molecular complexity index is 367. The Kier molecular flexibility index (Phi) is 8.21. The molecule has 1 rings (SSSR count). The smallest absolute Gasteiger partial charge is 0.220 e. The van der Waals surface area contributed by atoms with Gasteiger partial charge in [0.1, 0.15) is 0 Å². The number of nitrogens with one attached hydrogen (secondary N) is 1. The molecule has 0 aliphatic carbocycles. The van der Waals surface area contributed by atoms with Crippen molar-refractivity contribution in [3.05, 3.63) is 29.8 Å². The summed E-state index contributed by atoms with van der Waals surface area (Å²) in [6.45, 7) is 5.06. The largest absolute Gasteiger partial charge is 0.399 e. The van der Waals surface area contributed by atoms with E-state index >= 15 is 0 Å². The van der Waals surface area contributed by atoms with Crippen LogP contribution in [0, 0.1) is 5.92 Å². The summed E-state index contributed by atoms with van der Waals surface area (Å²) in [6.07, 6.45) is 2.24.